The molecule has 1 aliphatic rings. The second kappa shape index (κ2) is 12.7. The van der Waals surface area contributed by atoms with Gasteiger partial charge in [-0.1, -0.05) is 24.3 Å². The quantitative estimate of drug-likeness (QED) is 0.357. The number of aromatic hydroxyl groups is 1. The molecule has 1 atom stereocenters. The summed E-state index contributed by atoms with van der Waals surface area (Å²) in [6, 6.07) is 17.6. The van der Waals surface area contributed by atoms with E-state index in [4.69, 9.17) is 5.73 Å². The predicted octanol–water partition coefficient (Wildman–Crippen LogP) is -0.630. The van der Waals surface area contributed by atoms with Crippen molar-refractivity contribution in [3.05, 3.63) is 60.2 Å². The first-order valence-electron chi connectivity index (χ1n) is 11.7. The topological polar surface area (TPSA) is 155 Å². The number of carbonyl (C=O) groups is 2. The summed E-state index contributed by atoms with van der Waals surface area (Å²) in [4.78, 5) is 30.0. The van der Waals surface area contributed by atoms with Crippen LogP contribution < -0.4 is 45.7 Å². The van der Waals surface area contributed by atoms with Crippen molar-refractivity contribution in [3.8, 4) is 34.2 Å². The number of amides is 1. The summed E-state index contributed by atoms with van der Waals surface area (Å²) in [6.45, 7) is 1.61. The van der Waals surface area contributed by atoms with Gasteiger partial charge in [0.15, 0.2) is 0 Å². The fraction of sp³-hybridized carbons (Fsp3) is 0.259. The number of anilines is 2. The first-order valence-corrected chi connectivity index (χ1v) is 11.7. The van der Waals surface area contributed by atoms with Gasteiger partial charge in [-0.3, -0.25) is 4.79 Å². The summed E-state index contributed by atoms with van der Waals surface area (Å²) in [7, 11) is 0. The summed E-state index contributed by atoms with van der Waals surface area (Å²) in [5.41, 5.74) is 8.92. The molecule has 4 rings (SSSR count). The van der Waals surface area contributed by atoms with E-state index in [2.05, 4.69) is 16.4 Å². The van der Waals surface area contributed by atoms with Crippen LogP contribution in [0.1, 0.15) is 24.8 Å². The van der Waals surface area contributed by atoms with Crippen LogP contribution in [0.2, 0.25) is 0 Å². The molecule has 3 aromatic rings. The normalized spacial score (nSPS) is 15.3. The Kier molecular flexibility index (Phi) is 9.66. The zero-order valence-corrected chi connectivity index (χ0v) is 22.6. The van der Waals surface area contributed by atoms with Crippen LogP contribution in [-0.2, 0) is 9.59 Å². The molecule has 0 saturated carbocycles. The molecular formula is C27H26N5NaO4. The number of carboxylic acids is 1. The van der Waals surface area contributed by atoms with Crippen LogP contribution in [0.3, 0.4) is 0 Å². The number of benzene rings is 2. The summed E-state index contributed by atoms with van der Waals surface area (Å²) in [5.74, 6) is -1.66. The van der Waals surface area contributed by atoms with Crippen LogP contribution in [0.15, 0.2) is 54.6 Å². The largest absolute Gasteiger partial charge is 1.00 e. The maximum Gasteiger partial charge on any atom is 1.00 e. The van der Waals surface area contributed by atoms with E-state index in [-0.39, 0.29) is 59.0 Å². The zero-order chi connectivity index (χ0) is 25.7. The number of nitriles is 1. The maximum atomic E-state index is 12.6. The number of phenolic OH excluding ortho intramolecular Hbond substituents is 1. The van der Waals surface area contributed by atoms with Crippen LogP contribution in [0.5, 0.6) is 5.75 Å². The maximum absolute atomic E-state index is 12.6. The number of nitrogens with zero attached hydrogens (tertiary/aromatic N) is 3. The molecule has 37 heavy (non-hydrogen) atoms. The van der Waals surface area contributed by atoms with Gasteiger partial charge in [0.05, 0.1) is 5.69 Å². The van der Waals surface area contributed by atoms with Crippen molar-refractivity contribution in [3.63, 3.8) is 0 Å². The Morgan fingerprint density at radius 1 is 1.19 bits per heavy atom. The van der Waals surface area contributed by atoms with E-state index in [1.807, 2.05) is 4.90 Å². The molecule has 1 aromatic heterocycles. The molecule has 1 aliphatic heterocycles. The van der Waals surface area contributed by atoms with Crippen molar-refractivity contribution in [2.45, 2.75) is 19.3 Å². The van der Waals surface area contributed by atoms with E-state index in [0.717, 1.165) is 13.0 Å². The Bertz CT molecular complexity index is 1340. The monoisotopic (exact) mass is 507 g/mol. The molecule has 0 radical (unpaired) electrons. The molecule has 4 N–H and O–H groups in total. The molecule has 1 saturated heterocycles. The molecule has 10 heteroatoms. The number of pyridine rings is 1. The van der Waals surface area contributed by atoms with Gasteiger partial charge in [0.1, 0.15) is 23.2 Å². The van der Waals surface area contributed by atoms with Gasteiger partial charge in [0.2, 0.25) is 5.91 Å². The third kappa shape index (κ3) is 6.87. The summed E-state index contributed by atoms with van der Waals surface area (Å²) in [5, 5.41) is 34.0. The standard InChI is InChI=1S/C27H27N5O4.Na/c28-15-22-21(14-23(31-26(22)29)20-8-1-2-9-24(20)33)17-5-3-7-19(13-17)30-25(34)10-12-32-11-4-6-18(16-32)27(35)36;/h1-3,5,7-9,13-14,18,33H,4,6,10-12,16H2,(H2,29,31)(H,30,34)(H,35,36);/q;+1/p-1. The molecule has 1 fully saturated rings. The number of nitrogens with two attached hydrogens (primary N) is 1. The third-order valence-electron chi connectivity index (χ3n) is 6.29. The number of para-hydroxylation sites is 1. The number of piperidine rings is 1. The Balaban J connectivity index is 0.00000380. The Labute approximate surface area is 237 Å². The van der Waals surface area contributed by atoms with Crippen LogP contribution in [-0.4, -0.2) is 46.5 Å². The first kappa shape index (κ1) is 28.2. The van der Waals surface area contributed by atoms with Gasteiger partial charge in [-0.05, 0) is 55.3 Å². The fourth-order valence-electron chi connectivity index (χ4n) is 4.44. The van der Waals surface area contributed by atoms with Crippen molar-refractivity contribution in [1.82, 2.24) is 9.88 Å². The van der Waals surface area contributed by atoms with Gasteiger partial charge in [-0.15, -0.1) is 0 Å². The van der Waals surface area contributed by atoms with Crippen molar-refractivity contribution in [2.75, 3.05) is 30.7 Å². The number of likely N-dealkylation sites (tertiary alicyclic amines) is 1. The number of aliphatic carboxylic acids is 1. The number of carboxylic acid groups (broad SMARTS) is 1. The van der Waals surface area contributed by atoms with E-state index in [9.17, 15) is 25.1 Å². The van der Waals surface area contributed by atoms with E-state index in [1.165, 1.54) is 0 Å². The minimum absolute atomic E-state index is 0. The number of aromatic nitrogens is 1. The predicted molar refractivity (Wildman–Crippen MR) is 133 cm³/mol. The molecule has 0 aliphatic carbocycles. The van der Waals surface area contributed by atoms with Crippen molar-refractivity contribution < 1.29 is 49.4 Å². The SMILES string of the molecule is N#Cc1c(-c2cccc(NC(=O)CCN3CCCC(C(=O)[O-])C3)c2)cc(-c2ccccc2O)nc1N.[Na+]. The minimum Gasteiger partial charge on any atom is -0.550 e. The van der Waals surface area contributed by atoms with Gasteiger partial charge in [0, 0.05) is 48.2 Å². The van der Waals surface area contributed by atoms with Crippen LogP contribution in [0.25, 0.3) is 22.4 Å². The molecule has 2 heterocycles. The molecule has 9 nitrogen and oxygen atoms in total. The smallest absolute Gasteiger partial charge is 0.550 e. The molecular weight excluding hydrogens is 481 g/mol. The third-order valence-corrected chi connectivity index (χ3v) is 6.29. The Hall–Kier alpha value is -3.42. The molecule has 1 amide bonds. The van der Waals surface area contributed by atoms with Crippen molar-refractivity contribution in [1.29, 1.82) is 5.26 Å². The van der Waals surface area contributed by atoms with E-state index < -0.39 is 11.9 Å². The summed E-state index contributed by atoms with van der Waals surface area (Å²) < 4.78 is 0. The van der Waals surface area contributed by atoms with Gasteiger partial charge >= 0.3 is 29.6 Å². The number of phenols is 1. The molecule has 2 aromatic carbocycles. The number of rotatable bonds is 7. The van der Waals surface area contributed by atoms with Gasteiger partial charge < -0.3 is 31.0 Å². The van der Waals surface area contributed by atoms with E-state index in [1.54, 1.807) is 54.6 Å². The van der Waals surface area contributed by atoms with Crippen LogP contribution in [0, 0.1) is 17.2 Å². The summed E-state index contributed by atoms with van der Waals surface area (Å²) in [6.07, 6.45) is 1.59. The minimum atomic E-state index is -1.04. The average Bonchev–Trinajstić information content (AvgIpc) is 2.87. The average molecular weight is 508 g/mol. The first-order chi connectivity index (χ1) is 17.4. The zero-order valence-electron chi connectivity index (χ0n) is 20.6. The van der Waals surface area contributed by atoms with Crippen LogP contribution in [0.4, 0.5) is 11.5 Å². The Morgan fingerprint density at radius 3 is 2.70 bits per heavy atom. The fourth-order valence-corrected chi connectivity index (χ4v) is 4.44. The summed E-state index contributed by atoms with van der Waals surface area (Å²) >= 11 is 0. The van der Waals surface area contributed by atoms with Gasteiger partial charge in [0.25, 0.3) is 0 Å². The molecule has 184 valence electrons. The number of hydrogen-bond acceptors (Lipinski definition) is 8. The number of hydrogen-bond donors (Lipinski definition) is 3. The molecule has 0 bridgehead atoms. The van der Waals surface area contributed by atoms with Crippen molar-refractivity contribution >= 4 is 23.4 Å². The van der Waals surface area contributed by atoms with Gasteiger partial charge in [-0.2, -0.15) is 5.26 Å². The second-order valence-corrected chi connectivity index (χ2v) is 8.78. The second-order valence-electron chi connectivity index (χ2n) is 8.78. The van der Waals surface area contributed by atoms with Crippen LogP contribution >= 0.6 is 0 Å². The number of nitrogens with one attached hydrogen (secondary N) is 1. The van der Waals surface area contributed by atoms with E-state index in [0.29, 0.717) is 47.6 Å². The Morgan fingerprint density at radius 2 is 1.97 bits per heavy atom. The number of nitrogen functional groups attached to an aromatic ring is 1. The van der Waals surface area contributed by atoms with Crippen molar-refractivity contribution in [2.24, 2.45) is 5.92 Å². The van der Waals surface area contributed by atoms with E-state index >= 15 is 0 Å². The number of carbonyl (C=O) groups excluding carboxylic acids is 2. The molecule has 1 unspecified atom stereocenters. The van der Waals surface area contributed by atoms with Gasteiger partial charge in [-0.25, -0.2) is 4.98 Å². The molecule has 0 spiro atoms.